The summed E-state index contributed by atoms with van der Waals surface area (Å²) in [6, 6.07) is 6.46. The zero-order valence-electron chi connectivity index (χ0n) is 13.6. The maximum absolute atomic E-state index is 12.8. The van der Waals surface area contributed by atoms with Crippen LogP contribution in [-0.4, -0.2) is 51.2 Å². The van der Waals surface area contributed by atoms with E-state index in [9.17, 15) is 9.18 Å². The van der Waals surface area contributed by atoms with Gasteiger partial charge in [-0.25, -0.2) is 4.39 Å². The average molecular weight is 309 g/mol. The van der Waals surface area contributed by atoms with Crippen LogP contribution in [0.4, 0.5) is 4.39 Å². The minimum Gasteiger partial charge on any atom is -0.351 e. The standard InChI is InChI=1S/C17H26FN3O/c1-3-20-10-12-21(13-11-20)14(2)17(22)19-9-8-15-4-6-16(18)7-5-15/h4-7,14H,3,8-13H2,1-2H3,(H,19,22)/p+2/t14-/m1/s1. The lowest BCUT2D eigenvalue weighted by molar-refractivity contribution is -1.02. The Morgan fingerprint density at radius 2 is 1.86 bits per heavy atom. The number of hydrogen-bond donors (Lipinski definition) is 3. The van der Waals surface area contributed by atoms with Gasteiger partial charge in [-0.3, -0.25) is 4.79 Å². The van der Waals surface area contributed by atoms with E-state index in [1.165, 1.54) is 23.6 Å². The van der Waals surface area contributed by atoms with Crippen molar-refractivity contribution >= 4 is 5.91 Å². The van der Waals surface area contributed by atoms with Crippen LogP contribution in [0.1, 0.15) is 19.4 Å². The van der Waals surface area contributed by atoms with Crippen molar-refractivity contribution < 1.29 is 19.0 Å². The zero-order valence-corrected chi connectivity index (χ0v) is 13.6. The number of carbonyl (C=O) groups is 1. The summed E-state index contributed by atoms with van der Waals surface area (Å²) in [7, 11) is 0. The molecular formula is C17H28FN3O+2. The summed E-state index contributed by atoms with van der Waals surface area (Å²) in [6.07, 6.45) is 0.738. The highest BCUT2D eigenvalue weighted by molar-refractivity contribution is 5.79. The quantitative estimate of drug-likeness (QED) is 0.599. The monoisotopic (exact) mass is 309 g/mol. The fourth-order valence-corrected chi connectivity index (χ4v) is 3.03. The number of hydrogen-bond acceptors (Lipinski definition) is 1. The van der Waals surface area contributed by atoms with E-state index in [0.717, 1.165) is 38.2 Å². The van der Waals surface area contributed by atoms with Crippen LogP contribution in [0.3, 0.4) is 0 Å². The smallest absolute Gasteiger partial charge is 0.278 e. The molecule has 122 valence electrons. The summed E-state index contributed by atoms with van der Waals surface area (Å²) in [5.41, 5.74) is 1.04. The third kappa shape index (κ3) is 4.78. The minimum absolute atomic E-state index is 0.00613. The maximum atomic E-state index is 12.8. The average Bonchev–Trinajstić information content (AvgIpc) is 2.56. The van der Waals surface area contributed by atoms with E-state index in [0.29, 0.717) is 6.54 Å². The number of piperazine rings is 1. The van der Waals surface area contributed by atoms with Crippen molar-refractivity contribution in [2.24, 2.45) is 0 Å². The first kappa shape index (κ1) is 16.9. The van der Waals surface area contributed by atoms with Gasteiger partial charge in [-0.1, -0.05) is 12.1 Å². The Morgan fingerprint density at radius 3 is 2.45 bits per heavy atom. The number of benzene rings is 1. The van der Waals surface area contributed by atoms with Crippen molar-refractivity contribution in [2.45, 2.75) is 26.3 Å². The Hall–Kier alpha value is -1.46. The van der Waals surface area contributed by atoms with Crippen LogP contribution in [-0.2, 0) is 11.2 Å². The molecule has 0 aromatic heterocycles. The van der Waals surface area contributed by atoms with Crippen LogP contribution in [0.2, 0.25) is 0 Å². The molecule has 1 fully saturated rings. The molecular weight excluding hydrogens is 281 g/mol. The predicted molar refractivity (Wildman–Crippen MR) is 84.5 cm³/mol. The van der Waals surface area contributed by atoms with Gasteiger partial charge in [-0.05, 0) is 38.0 Å². The Bertz CT molecular complexity index is 469. The van der Waals surface area contributed by atoms with Gasteiger partial charge >= 0.3 is 0 Å². The normalized spacial score (nSPS) is 23.0. The summed E-state index contributed by atoms with van der Waals surface area (Å²) in [4.78, 5) is 15.3. The molecule has 0 aliphatic carbocycles. The van der Waals surface area contributed by atoms with E-state index in [1.807, 2.05) is 6.92 Å². The highest BCUT2D eigenvalue weighted by atomic mass is 19.1. The number of halogens is 1. The second-order valence-electron chi connectivity index (χ2n) is 6.15. The molecule has 5 heteroatoms. The van der Waals surface area contributed by atoms with E-state index >= 15 is 0 Å². The molecule has 0 bridgehead atoms. The summed E-state index contributed by atoms with van der Waals surface area (Å²) >= 11 is 0. The summed E-state index contributed by atoms with van der Waals surface area (Å²) in [5.74, 6) is -0.101. The van der Waals surface area contributed by atoms with E-state index in [1.54, 1.807) is 17.0 Å². The van der Waals surface area contributed by atoms with Crippen LogP contribution < -0.4 is 15.1 Å². The molecule has 0 radical (unpaired) electrons. The third-order valence-electron chi connectivity index (χ3n) is 4.73. The van der Waals surface area contributed by atoms with Gasteiger partial charge in [0.1, 0.15) is 32.0 Å². The maximum Gasteiger partial charge on any atom is 0.278 e. The van der Waals surface area contributed by atoms with Crippen LogP contribution in [0.25, 0.3) is 0 Å². The highest BCUT2D eigenvalue weighted by Crippen LogP contribution is 2.02. The van der Waals surface area contributed by atoms with Gasteiger partial charge in [0.2, 0.25) is 0 Å². The van der Waals surface area contributed by atoms with Gasteiger partial charge in [-0.15, -0.1) is 0 Å². The van der Waals surface area contributed by atoms with Crippen LogP contribution >= 0.6 is 0 Å². The Labute approximate surface area is 132 Å². The lowest BCUT2D eigenvalue weighted by Crippen LogP contribution is -3.29. The van der Waals surface area contributed by atoms with Gasteiger partial charge in [-0.2, -0.15) is 0 Å². The van der Waals surface area contributed by atoms with Crippen molar-refractivity contribution in [3.05, 3.63) is 35.6 Å². The second kappa shape index (κ2) is 8.25. The Morgan fingerprint density at radius 1 is 1.23 bits per heavy atom. The second-order valence-corrected chi connectivity index (χ2v) is 6.15. The molecule has 1 aliphatic rings. The molecule has 1 aliphatic heterocycles. The van der Waals surface area contributed by atoms with E-state index in [2.05, 4.69) is 12.2 Å². The molecule has 4 nitrogen and oxygen atoms in total. The summed E-state index contributed by atoms with van der Waals surface area (Å²) < 4.78 is 12.8. The van der Waals surface area contributed by atoms with Gasteiger partial charge in [0.15, 0.2) is 6.04 Å². The first-order chi connectivity index (χ1) is 10.6. The molecule has 2 rings (SSSR count). The molecule has 1 saturated heterocycles. The molecule has 1 heterocycles. The number of rotatable bonds is 6. The third-order valence-corrected chi connectivity index (χ3v) is 4.73. The van der Waals surface area contributed by atoms with Gasteiger partial charge in [0.25, 0.3) is 5.91 Å². The van der Waals surface area contributed by atoms with Crippen LogP contribution in [0, 0.1) is 5.82 Å². The van der Waals surface area contributed by atoms with Crippen molar-refractivity contribution in [1.29, 1.82) is 0 Å². The Balaban J connectivity index is 1.71. The lowest BCUT2D eigenvalue weighted by Gasteiger charge is -2.32. The number of carbonyl (C=O) groups excluding carboxylic acids is 1. The molecule has 22 heavy (non-hydrogen) atoms. The molecule has 1 amide bonds. The summed E-state index contributed by atoms with van der Waals surface area (Å²) in [5, 5.41) is 3.01. The first-order valence-corrected chi connectivity index (χ1v) is 8.30. The topological polar surface area (TPSA) is 38.0 Å². The molecule has 0 unspecified atom stereocenters. The minimum atomic E-state index is -0.224. The van der Waals surface area contributed by atoms with Crippen LogP contribution in [0.15, 0.2) is 24.3 Å². The highest BCUT2D eigenvalue weighted by Gasteiger charge is 2.30. The molecule has 0 saturated carbocycles. The van der Waals surface area contributed by atoms with Crippen molar-refractivity contribution in [3.63, 3.8) is 0 Å². The predicted octanol–water partition coefficient (Wildman–Crippen LogP) is -1.32. The van der Waals surface area contributed by atoms with Gasteiger partial charge in [0.05, 0.1) is 6.54 Å². The number of amides is 1. The SMILES string of the molecule is CC[NH+]1CC[NH+]([C@H](C)C(=O)NCCc2ccc(F)cc2)CC1. The largest absolute Gasteiger partial charge is 0.351 e. The zero-order chi connectivity index (χ0) is 15.9. The van der Waals surface area contributed by atoms with Crippen molar-refractivity contribution in [2.75, 3.05) is 39.3 Å². The fraction of sp³-hybridized carbons (Fsp3) is 0.588. The Kier molecular flexibility index (Phi) is 6.34. The molecule has 1 aromatic rings. The lowest BCUT2D eigenvalue weighted by atomic mass is 10.1. The molecule has 3 N–H and O–H groups in total. The van der Waals surface area contributed by atoms with Crippen LogP contribution in [0.5, 0.6) is 0 Å². The van der Waals surface area contributed by atoms with E-state index in [-0.39, 0.29) is 17.8 Å². The molecule has 1 aromatic carbocycles. The number of likely N-dealkylation sites (N-methyl/N-ethyl adjacent to an activating group) is 1. The first-order valence-electron chi connectivity index (χ1n) is 8.30. The van der Waals surface area contributed by atoms with E-state index < -0.39 is 0 Å². The van der Waals surface area contributed by atoms with Gasteiger partial charge in [0, 0.05) is 6.54 Å². The van der Waals surface area contributed by atoms with Gasteiger partial charge < -0.3 is 15.1 Å². The molecule has 1 atom stereocenters. The van der Waals surface area contributed by atoms with Crippen molar-refractivity contribution in [1.82, 2.24) is 5.32 Å². The van der Waals surface area contributed by atoms with Crippen molar-refractivity contribution in [3.8, 4) is 0 Å². The number of nitrogens with one attached hydrogen (secondary N) is 3. The molecule has 0 spiro atoms. The van der Waals surface area contributed by atoms with E-state index in [4.69, 9.17) is 0 Å². The fourth-order valence-electron chi connectivity index (χ4n) is 3.03. The summed E-state index contributed by atoms with van der Waals surface area (Å²) in [6.45, 7) is 10.4. The number of quaternary nitrogens is 2.